The Hall–Kier alpha value is -0.680. The zero-order chi connectivity index (χ0) is 14.5. The van der Waals surface area contributed by atoms with E-state index in [0.717, 1.165) is 43.6 Å². The van der Waals surface area contributed by atoms with E-state index in [-0.39, 0.29) is 5.41 Å². The quantitative estimate of drug-likeness (QED) is 0.850. The van der Waals surface area contributed by atoms with Crippen molar-refractivity contribution in [3.63, 3.8) is 0 Å². The molecule has 1 fully saturated rings. The lowest BCUT2D eigenvalue weighted by molar-refractivity contribution is 0.0497. The van der Waals surface area contributed by atoms with Crippen LogP contribution in [0.1, 0.15) is 24.0 Å². The van der Waals surface area contributed by atoms with Gasteiger partial charge in [-0.15, -0.1) is 0 Å². The molecule has 0 radical (unpaired) electrons. The van der Waals surface area contributed by atoms with Crippen LogP contribution < -0.4 is 5.32 Å². The molecule has 0 amide bonds. The molecular weight excluding hydrogens is 346 g/mol. The number of thiophene rings is 1. The predicted molar refractivity (Wildman–Crippen MR) is 91.9 cm³/mol. The van der Waals surface area contributed by atoms with Gasteiger partial charge in [-0.1, -0.05) is 28.1 Å². The fraction of sp³-hybridized carbons (Fsp3) is 0.412. The molecule has 0 aliphatic carbocycles. The fourth-order valence-electron chi connectivity index (χ4n) is 2.99. The van der Waals surface area contributed by atoms with Gasteiger partial charge in [0.25, 0.3) is 0 Å². The largest absolute Gasteiger partial charge is 0.381 e. The highest BCUT2D eigenvalue weighted by atomic mass is 79.9. The molecule has 1 aromatic carbocycles. The summed E-state index contributed by atoms with van der Waals surface area (Å²) in [6.45, 7) is 3.65. The van der Waals surface area contributed by atoms with Crippen LogP contribution in [-0.4, -0.2) is 19.8 Å². The standard InChI is InChI=1S/C17H20BrNOS/c18-16-3-1-2-15(10-16)17(5-7-20-8-6-17)13-19-11-14-4-9-21-12-14/h1-4,9-10,12,19H,5-8,11,13H2. The smallest absolute Gasteiger partial charge is 0.0475 e. The third kappa shape index (κ3) is 3.75. The summed E-state index contributed by atoms with van der Waals surface area (Å²) in [4.78, 5) is 0. The highest BCUT2D eigenvalue weighted by Gasteiger charge is 2.34. The number of hydrogen-bond donors (Lipinski definition) is 1. The molecular formula is C17H20BrNOS. The Morgan fingerprint density at radius 2 is 2.10 bits per heavy atom. The average Bonchev–Trinajstić information content (AvgIpc) is 3.02. The predicted octanol–water partition coefficient (Wildman–Crippen LogP) is 4.35. The van der Waals surface area contributed by atoms with Crippen molar-refractivity contribution in [2.24, 2.45) is 0 Å². The number of benzene rings is 1. The Morgan fingerprint density at radius 3 is 2.81 bits per heavy atom. The fourth-order valence-corrected chi connectivity index (χ4v) is 4.06. The van der Waals surface area contributed by atoms with Crippen LogP contribution in [0.5, 0.6) is 0 Å². The first-order valence-electron chi connectivity index (χ1n) is 7.34. The van der Waals surface area contributed by atoms with E-state index in [9.17, 15) is 0 Å². The van der Waals surface area contributed by atoms with Gasteiger partial charge >= 0.3 is 0 Å². The number of ether oxygens (including phenoxy) is 1. The zero-order valence-corrected chi connectivity index (χ0v) is 14.4. The minimum Gasteiger partial charge on any atom is -0.381 e. The van der Waals surface area contributed by atoms with Gasteiger partial charge in [0, 0.05) is 36.2 Å². The highest BCUT2D eigenvalue weighted by Crippen LogP contribution is 2.35. The zero-order valence-electron chi connectivity index (χ0n) is 12.0. The number of hydrogen-bond acceptors (Lipinski definition) is 3. The number of halogens is 1. The van der Waals surface area contributed by atoms with E-state index in [1.54, 1.807) is 11.3 Å². The van der Waals surface area contributed by atoms with Gasteiger partial charge in [0.05, 0.1) is 0 Å². The molecule has 21 heavy (non-hydrogen) atoms. The first kappa shape index (κ1) is 15.2. The van der Waals surface area contributed by atoms with E-state index in [1.807, 2.05) is 0 Å². The van der Waals surface area contributed by atoms with Crippen LogP contribution in [0, 0.1) is 0 Å². The normalized spacial score (nSPS) is 17.8. The number of nitrogens with one attached hydrogen (secondary N) is 1. The molecule has 2 heterocycles. The van der Waals surface area contributed by atoms with Crippen LogP contribution in [0.15, 0.2) is 45.6 Å². The van der Waals surface area contributed by atoms with Gasteiger partial charge in [0.2, 0.25) is 0 Å². The summed E-state index contributed by atoms with van der Waals surface area (Å²) < 4.78 is 6.75. The summed E-state index contributed by atoms with van der Waals surface area (Å²) in [5, 5.41) is 8.00. The van der Waals surface area contributed by atoms with Crippen molar-refractivity contribution in [2.45, 2.75) is 24.8 Å². The first-order chi connectivity index (χ1) is 10.3. The minimum atomic E-state index is 0.193. The van der Waals surface area contributed by atoms with Gasteiger partial charge in [-0.05, 0) is 52.9 Å². The minimum absolute atomic E-state index is 0.193. The molecule has 1 aliphatic rings. The number of rotatable bonds is 5. The summed E-state index contributed by atoms with van der Waals surface area (Å²) in [5.74, 6) is 0. The lowest BCUT2D eigenvalue weighted by Crippen LogP contribution is -2.42. The molecule has 112 valence electrons. The molecule has 3 rings (SSSR count). The molecule has 2 aromatic rings. The Balaban J connectivity index is 1.73. The van der Waals surface area contributed by atoms with Gasteiger partial charge in [-0.3, -0.25) is 0 Å². The van der Waals surface area contributed by atoms with Crippen molar-refractivity contribution in [1.29, 1.82) is 0 Å². The van der Waals surface area contributed by atoms with E-state index >= 15 is 0 Å². The van der Waals surface area contributed by atoms with Crippen LogP contribution >= 0.6 is 27.3 Å². The maximum atomic E-state index is 5.59. The van der Waals surface area contributed by atoms with Crippen molar-refractivity contribution in [3.8, 4) is 0 Å². The molecule has 4 heteroatoms. The van der Waals surface area contributed by atoms with Gasteiger partial charge in [-0.2, -0.15) is 11.3 Å². The average molecular weight is 366 g/mol. The van der Waals surface area contributed by atoms with Crippen molar-refractivity contribution in [3.05, 3.63) is 56.7 Å². The highest BCUT2D eigenvalue weighted by molar-refractivity contribution is 9.10. The monoisotopic (exact) mass is 365 g/mol. The molecule has 0 saturated carbocycles. The van der Waals surface area contributed by atoms with Crippen LogP contribution in [0.4, 0.5) is 0 Å². The molecule has 0 bridgehead atoms. The lowest BCUT2D eigenvalue weighted by Gasteiger charge is -2.38. The van der Waals surface area contributed by atoms with E-state index in [0.29, 0.717) is 0 Å². The second kappa shape index (κ2) is 7.05. The van der Waals surface area contributed by atoms with Gasteiger partial charge in [0.1, 0.15) is 0 Å². The van der Waals surface area contributed by atoms with E-state index < -0.39 is 0 Å². The van der Waals surface area contributed by atoms with Crippen molar-refractivity contribution < 1.29 is 4.74 Å². The molecule has 0 atom stereocenters. The molecule has 0 spiro atoms. The summed E-state index contributed by atoms with van der Waals surface area (Å²) in [6.07, 6.45) is 2.17. The molecule has 1 saturated heterocycles. The van der Waals surface area contributed by atoms with Gasteiger partial charge < -0.3 is 10.1 Å². The molecule has 1 aromatic heterocycles. The van der Waals surface area contributed by atoms with Crippen molar-refractivity contribution >= 4 is 27.3 Å². The van der Waals surface area contributed by atoms with Crippen molar-refractivity contribution in [2.75, 3.05) is 19.8 Å². The van der Waals surface area contributed by atoms with Crippen LogP contribution in [0.3, 0.4) is 0 Å². The SMILES string of the molecule is Brc1cccc(C2(CNCc3ccsc3)CCOCC2)c1. The molecule has 0 unspecified atom stereocenters. The third-order valence-electron chi connectivity index (χ3n) is 4.26. The summed E-state index contributed by atoms with van der Waals surface area (Å²) in [5.41, 5.74) is 2.98. The van der Waals surface area contributed by atoms with Crippen LogP contribution in [-0.2, 0) is 16.7 Å². The van der Waals surface area contributed by atoms with E-state index in [1.165, 1.54) is 11.1 Å². The van der Waals surface area contributed by atoms with Gasteiger partial charge in [0.15, 0.2) is 0 Å². The summed E-state index contributed by atoms with van der Waals surface area (Å²) in [7, 11) is 0. The first-order valence-corrected chi connectivity index (χ1v) is 9.08. The summed E-state index contributed by atoms with van der Waals surface area (Å²) >= 11 is 5.36. The molecule has 1 aliphatic heterocycles. The lowest BCUT2D eigenvalue weighted by atomic mass is 9.74. The maximum Gasteiger partial charge on any atom is 0.0475 e. The van der Waals surface area contributed by atoms with Crippen molar-refractivity contribution in [1.82, 2.24) is 5.32 Å². The Labute approximate surface area is 138 Å². The third-order valence-corrected chi connectivity index (χ3v) is 5.48. The van der Waals surface area contributed by atoms with Gasteiger partial charge in [-0.25, -0.2) is 0 Å². The topological polar surface area (TPSA) is 21.3 Å². The van der Waals surface area contributed by atoms with E-state index in [4.69, 9.17) is 4.74 Å². The second-order valence-electron chi connectivity index (χ2n) is 5.64. The van der Waals surface area contributed by atoms with E-state index in [2.05, 4.69) is 62.3 Å². The van der Waals surface area contributed by atoms with Crippen LogP contribution in [0.25, 0.3) is 0 Å². The summed E-state index contributed by atoms with van der Waals surface area (Å²) in [6, 6.07) is 10.9. The molecule has 1 N–H and O–H groups in total. The maximum absolute atomic E-state index is 5.59. The Bertz CT molecular complexity index is 564. The molecule has 2 nitrogen and oxygen atoms in total. The second-order valence-corrected chi connectivity index (χ2v) is 7.33. The Kier molecular flexibility index (Phi) is 5.11. The Morgan fingerprint density at radius 1 is 1.24 bits per heavy atom. The van der Waals surface area contributed by atoms with Crippen LogP contribution in [0.2, 0.25) is 0 Å².